The van der Waals surface area contributed by atoms with Crippen molar-refractivity contribution in [3.63, 3.8) is 0 Å². The zero-order valence-electron chi connectivity index (χ0n) is 8.46. The second-order valence-corrected chi connectivity index (χ2v) is 4.62. The SMILES string of the molecule is CCOC(=O)C/C(C)=C1\SC(=S)NC1=O. The molecule has 0 unspecified atom stereocenters. The third-order valence-corrected chi connectivity index (χ3v) is 3.10. The molecule has 82 valence electrons. The number of esters is 1. The van der Waals surface area contributed by atoms with Crippen LogP contribution in [0.1, 0.15) is 20.3 Å². The molecular formula is C9H11NO3S2. The lowest BCUT2D eigenvalue weighted by atomic mass is 10.2. The van der Waals surface area contributed by atoms with Crippen LogP contribution in [-0.4, -0.2) is 22.8 Å². The van der Waals surface area contributed by atoms with Crippen LogP contribution in [0.5, 0.6) is 0 Å². The molecule has 0 bridgehead atoms. The quantitative estimate of drug-likeness (QED) is 0.462. The molecule has 0 atom stereocenters. The summed E-state index contributed by atoms with van der Waals surface area (Å²) in [5.41, 5.74) is 0.691. The van der Waals surface area contributed by atoms with Crippen molar-refractivity contribution < 1.29 is 14.3 Å². The normalized spacial score (nSPS) is 18.8. The largest absolute Gasteiger partial charge is 0.466 e. The van der Waals surface area contributed by atoms with E-state index in [1.54, 1.807) is 13.8 Å². The highest BCUT2D eigenvalue weighted by atomic mass is 32.2. The maximum atomic E-state index is 11.3. The first-order chi connectivity index (χ1) is 7.04. The van der Waals surface area contributed by atoms with Gasteiger partial charge in [-0.3, -0.25) is 9.59 Å². The number of hydrogen-bond donors (Lipinski definition) is 1. The molecule has 1 fully saturated rings. The zero-order valence-corrected chi connectivity index (χ0v) is 10.1. The Morgan fingerprint density at radius 2 is 2.27 bits per heavy atom. The van der Waals surface area contributed by atoms with Crippen LogP contribution in [0.2, 0.25) is 0 Å². The fourth-order valence-corrected chi connectivity index (χ4v) is 2.17. The molecule has 1 N–H and O–H groups in total. The molecule has 0 saturated carbocycles. The number of thioether (sulfide) groups is 1. The second-order valence-electron chi connectivity index (χ2n) is 2.93. The minimum Gasteiger partial charge on any atom is -0.466 e. The van der Waals surface area contributed by atoms with Crippen molar-refractivity contribution in [2.24, 2.45) is 0 Å². The van der Waals surface area contributed by atoms with Crippen molar-refractivity contribution in [1.82, 2.24) is 5.32 Å². The number of amides is 1. The minimum atomic E-state index is -0.325. The van der Waals surface area contributed by atoms with Crippen molar-refractivity contribution in [2.75, 3.05) is 6.61 Å². The predicted molar refractivity (Wildman–Crippen MR) is 62.3 cm³/mol. The van der Waals surface area contributed by atoms with Gasteiger partial charge in [-0.25, -0.2) is 0 Å². The van der Waals surface area contributed by atoms with E-state index in [-0.39, 0.29) is 18.3 Å². The summed E-state index contributed by atoms with van der Waals surface area (Å²) >= 11 is 6.02. The number of nitrogens with one attached hydrogen (secondary N) is 1. The zero-order chi connectivity index (χ0) is 11.4. The fourth-order valence-electron chi connectivity index (χ4n) is 1.10. The summed E-state index contributed by atoms with van der Waals surface area (Å²) in [5.74, 6) is -0.555. The molecule has 0 spiro atoms. The van der Waals surface area contributed by atoms with Gasteiger partial charge in [-0.1, -0.05) is 24.0 Å². The molecule has 15 heavy (non-hydrogen) atoms. The van der Waals surface area contributed by atoms with Gasteiger partial charge in [0.2, 0.25) is 0 Å². The summed E-state index contributed by atoms with van der Waals surface area (Å²) in [6.07, 6.45) is 0.131. The van der Waals surface area contributed by atoms with E-state index in [0.29, 0.717) is 21.4 Å². The second kappa shape index (κ2) is 5.27. The molecule has 1 aliphatic heterocycles. The Kier molecular flexibility index (Phi) is 4.28. The van der Waals surface area contributed by atoms with Crippen LogP contribution < -0.4 is 5.32 Å². The molecule has 4 nitrogen and oxygen atoms in total. The molecular weight excluding hydrogens is 234 g/mol. The van der Waals surface area contributed by atoms with E-state index in [4.69, 9.17) is 17.0 Å². The Balaban J connectivity index is 2.69. The van der Waals surface area contributed by atoms with Gasteiger partial charge in [0.05, 0.1) is 17.9 Å². The van der Waals surface area contributed by atoms with Gasteiger partial charge < -0.3 is 10.1 Å². The first-order valence-electron chi connectivity index (χ1n) is 4.43. The van der Waals surface area contributed by atoms with Crippen molar-refractivity contribution in [2.45, 2.75) is 20.3 Å². The van der Waals surface area contributed by atoms with Crippen LogP contribution in [0, 0.1) is 0 Å². The van der Waals surface area contributed by atoms with E-state index in [0.717, 1.165) is 0 Å². The van der Waals surface area contributed by atoms with Crippen LogP contribution >= 0.6 is 24.0 Å². The summed E-state index contributed by atoms with van der Waals surface area (Å²) in [7, 11) is 0. The van der Waals surface area contributed by atoms with E-state index < -0.39 is 0 Å². The molecule has 1 amide bonds. The summed E-state index contributed by atoms with van der Waals surface area (Å²) < 4.78 is 5.22. The van der Waals surface area contributed by atoms with Crippen LogP contribution in [0.25, 0.3) is 0 Å². The minimum absolute atomic E-state index is 0.131. The average molecular weight is 245 g/mol. The van der Waals surface area contributed by atoms with Crippen molar-refractivity contribution in [3.05, 3.63) is 10.5 Å². The van der Waals surface area contributed by atoms with Gasteiger partial charge in [0.15, 0.2) is 0 Å². The number of thiocarbonyl (C=S) groups is 1. The summed E-state index contributed by atoms with van der Waals surface area (Å²) in [6.45, 7) is 3.82. The number of carbonyl (C=O) groups is 2. The third-order valence-electron chi connectivity index (χ3n) is 1.72. The summed E-state index contributed by atoms with van der Waals surface area (Å²) in [5, 5.41) is 2.50. The van der Waals surface area contributed by atoms with Gasteiger partial charge in [0.1, 0.15) is 4.32 Å². The van der Waals surface area contributed by atoms with Crippen molar-refractivity contribution in [1.29, 1.82) is 0 Å². The van der Waals surface area contributed by atoms with Crippen molar-refractivity contribution >= 4 is 40.2 Å². The van der Waals surface area contributed by atoms with Gasteiger partial charge >= 0.3 is 5.97 Å². The molecule has 0 aromatic rings. The Morgan fingerprint density at radius 3 is 2.73 bits per heavy atom. The Hall–Kier alpha value is -0.880. The summed E-state index contributed by atoms with van der Waals surface area (Å²) in [4.78, 5) is 23.0. The van der Waals surface area contributed by atoms with Gasteiger partial charge in [0.25, 0.3) is 5.91 Å². The van der Waals surface area contributed by atoms with Gasteiger partial charge in [-0.05, 0) is 19.4 Å². The highest BCUT2D eigenvalue weighted by Crippen LogP contribution is 2.28. The molecule has 1 rings (SSSR count). The standard InChI is InChI=1S/C9H11NO3S2/c1-3-13-6(11)4-5(2)7-8(12)10-9(14)15-7/h3-4H2,1-2H3,(H,10,12,14)/b7-5-. The van der Waals surface area contributed by atoms with Crippen LogP contribution in [-0.2, 0) is 14.3 Å². The molecule has 1 aliphatic rings. The molecule has 0 aliphatic carbocycles. The van der Waals surface area contributed by atoms with Gasteiger partial charge in [-0.2, -0.15) is 0 Å². The topological polar surface area (TPSA) is 55.4 Å². The first-order valence-corrected chi connectivity index (χ1v) is 5.65. The lowest BCUT2D eigenvalue weighted by Crippen LogP contribution is -2.18. The average Bonchev–Trinajstić information content (AvgIpc) is 2.45. The summed E-state index contributed by atoms with van der Waals surface area (Å²) in [6, 6.07) is 0. The van der Waals surface area contributed by atoms with E-state index in [9.17, 15) is 9.59 Å². The van der Waals surface area contributed by atoms with Gasteiger partial charge in [0, 0.05) is 0 Å². The third kappa shape index (κ3) is 3.32. The maximum Gasteiger partial charge on any atom is 0.309 e. The number of carbonyl (C=O) groups excluding carboxylic acids is 2. The highest BCUT2D eigenvalue weighted by Gasteiger charge is 2.25. The van der Waals surface area contributed by atoms with E-state index in [1.807, 2.05) is 0 Å². The monoisotopic (exact) mass is 245 g/mol. The number of rotatable bonds is 3. The van der Waals surface area contributed by atoms with E-state index in [1.165, 1.54) is 11.8 Å². The highest BCUT2D eigenvalue weighted by molar-refractivity contribution is 8.26. The number of ether oxygens (including phenoxy) is 1. The smallest absolute Gasteiger partial charge is 0.309 e. The molecule has 0 aromatic carbocycles. The molecule has 0 aromatic heterocycles. The Bertz CT molecular complexity index is 349. The van der Waals surface area contributed by atoms with Crippen molar-refractivity contribution in [3.8, 4) is 0 Å². The van der Waals surface area contributed by atoms with Crippen LogP contribution in [0.4, 0.5) is 0 Å². The lowest BCUT2D eigenvalue weighted by molar-refractivity contribution is -0.142. The van der Waals surface area contributed by atoms with E-state index >= 15 is 0 Å². The maximum absolute atomic E-state index is 11.3. The van der Waals surface area contributed by atoms with Gasteiger partial charge in [-0.15, -0.1) is 0 Å². The predicted octanol–water partition coefficient (Wildman–Crippen LogP) is 1.36. The van der Waals surface area contributed by atoms with Crippen LogP contribution in [0.3, 0.4) is 0 Å². The molecule has 6 heteroatoms. The Labute approximate surface area is 97.4 Å². The van der Waals surface area contributed by atoms with E-state index in [2.05, 4.69) is 5.32 Å². The molecule has 0 radical (unpaired) electrons. The molecule has 1 heterocycles. The van der Waals surface area contributed by atoms with Crippen LogP contribution in [0.15, 0.2) is 10.5 Å². The molecule has 1 saturated heterocycles. The fraction of sp³-hybridized carbons (Fsp3) is 0.444. The first kappa shape index (κ1) is 12.2. The number of hydrogen-bond acceptors (Lipinski definition) is 5. The Morgan fingerprint density at radius 1 is 1.60 bits per heavy atom. The lowest BCUT2D eigenvalue weighted by Gasteiger charge is -2.03.